The van der Waals surface area contributed by atoms with E-state index in [4.69, 9.17) is 24.2 Å². The number of hydrogen-bond acceptors (Lipinski definition) is 8. The molecule has 2 aromatic rings. The summed E-state index contributed by atoms with van der Waals surface area (Å²) in [6.07, 6.45) is 9.79. The van der Waals surface area contributed by atoms with Gasteiger partial charge in [-0.05, 0) is 56.1 Å². The second-order valence-electron chi connectivity index (χ2n) is 13.8. The molecule has 0 spiro atoms. The monoisotopic (exact) mass is 621 g/mol. The fraction of sp³-hybridized carbons (Fsp3) is 0.629. The van der Waals surface area contributed by atoms with Crippen LogP contribution in [0.5, 0.6) is 11.6 Å². The zero-order valence-corrected chi connectivity index (χ0v) is 27.2. The molecule has 1 aromatic carbocycles. The number of rotatable bonds is 3. The number of carbonyl (C=O) groups is 3. The molecule has 2 bridgehead atoms. The Kier molecular flexibility index (Phi) is 9.99. The van der Waals surface area contributed by atoms with Crippen LogP contribution in [0.3, 0.4) is 0 Å². The number of nitrogens with zero attached hydrogens (tertiary/aromatic N) is 3. The molecule has 3 heterocycles. The summed E-state index contributed by atoms with van der Waals surface area (Å²) in [4.78, 5) is 51.6. The molecule has 6 atom stereocenters. The van der Waals surface area contributed by atoms with Crippen molar-refractivity contribution in [1.82, 2.24) is 14.9 Å². The highest BCUT2D eigenvalue weighted by Gasteiger charge is 2.51. The predicted octanol–water partition coefficient (Wildman–Crippen LogP) is 5.75. The molecule has 1 aliphatic carbocycles. The maximum atomic E-state index is 14.3. The van der Waals surface area contributed by atoms with E-state index in [9.17, 15) is 19.5 Å². The Bertz CT molecular complexity index is 1430. The number of benzene rings is 1. The molecule has 2 aliphatic heterocycles. The van der Waals surface area contributed by atoms with Crippen molar-refractivity contribution >= 4 is 28.9 Å². The van der Waals surface area contributed by atoms with Crippen LogP contribution in [0.4, 0.5) is 0 Å². The van der Waals surface area contributed by atoms with Gasteiger partial charge < -0.3 is 24.2 Å². The van der Waals surface area contributed by atoms with Crippen LogP contribution in [0.25, 0.3) is 11.0 Å². The van der Waals surface area contributed by atoms with E-state index in [0.717, 1.165) is 49.7 Å². The first-order valence-corrected chi connectivity index (χ1v) is 16.4. The van der Waals surface area contributed by atoms with Crippen LogP contribution in [0.2, 0.25) is 0 Å². The molecular weight excluding hydrogens is 574 g/mol. The SMILES string of the molecule is CC[C@@H]1[C@@H]2CN(C(=O)[C@H](C(C)(C)C)CC(=O)O[C@@H]3CCC=C[C@H]3CCCCCc3nc4ccc(OC)cc4nc3O2)[C@@H]1C(=O)O. The Morgan fingerprint density at radius 1 is 1.07 bits per heavy atom. The van der Waals surface area contributed by atoms with Crippen molar-refractivity contribution in [3.05, 3.63) is 36.0 Å². The fourth-order valence-corrected chi connectivity index (χ4v) is 7.11. The topological polar surface area (TPSA) is 128 Å². The molecule has 10 heteroatoms. The molecule has 0 radical (unpaired) electrons. The number of ether oxygens (including phenoxy) is 3. The first kappa shape index (κ1) is 32.7. The van der Waals surface area contributed by atoms with E-state index in [1.807, 2.05) is 39.8 Å². The summed E-state index contributed by atoms with van der Waals surface area (Å²) >= 11 is 0. The number of carbonyl (C=O) groups excluding carboxylic acids is 2. The van der Waals surface area contributed by atoms with Gasteiger partial charge in [-0.2, -0.15) is 0 Å². The highest BCUT2D eigenvalue weighted by atomic mass is 16.5. The van der Waals surface area contributed by atoms with Crippen molar-refractivity contribution in [2.75, 3.05) is 13.7 Å². The molecule has 1 fully saturated rings. The third kappa shape index (κ3) is 7.25. The summed E-state index contributed by atoms with van der Waals surface area (Å²) < 4.78 is 18.0. The number of aromatic nitrogens is 2. The van der Waals surface area contributed by atoms with Crippen molar-refractivity contribution in [1.29, 1.82) is 0 Å². The maximum absolute atomic E-state index is 14.3. The summed E-state index contributed by atoms with van der Waals surface area (Å²) in [5, 5.41) is 10.4. The van der Waals surface area contributed by atoms with Crippen molar-refractivity contribution in [3.63, 3.8) is 0 Å². The Morgan fingerprint density at radius 2 is 1.87 bits per heavy atom. The molecule has 0 saturated carbocycles. The second kappa shape index (κ2) is 13.7. The van der Waals surface area contributed by atoms with Crippen LogP contribution >= 0.6 is 0 Å². The molecule has 5 rings (SSSR count). The third-order valence-corrected chi connectivity index (χ3v) is 9.70. The largest absolute Gasteiger partial charge is 0.497 e. The first-order chi connectivity index (χ1) is 21.5. The van der Waals surface area contributed by atoms with Gasteiger partial charge in [0.25, 0.3) is 0 Å². The summed E-state index contributed by atoms with van der Waals surface area (Å²) in [5.74, 6) is -1.97. The number of esters is 1. The Morgan fingerprint density at radius 3 is 2.58 bits per heavy atom. The standard InChI is InChI=1S/C35H47N3O7/c1-6-23-29-20-38(31(23)34(41)42)33(40)24(35(2,3)4)19-30(39)44-28-15-11-10-13-21(28)12-8-7-9-14-26-32(45-29)37-27-18-22(43-5)16-17-25(27)36-26/h10,13,16-18,21,23-24,28-29,31H,6-9,11-12,14-15,19-20H2,1-5H3,(H,41,42)/t21-,23-,24-,28-,29+,31+/m1/s1. The predicted molar refractivity (Wildman–Crippen MR) is 169 cm³/mol. The van der Waals surface area contributed by atoms with E-state index in [-0.39, 0.29) is 30.9 Å². The number of methoxy groups -OCH3 is 1. The van der Waals surface area contributed by atoms with E-state index in [0.29, 0.717) is 30.0 Å². The molecule has 1 aromatic heterocycles. The first-order valence-electron chi connectivity index (χ1n) is 16.4. The highest BCUT2D eigenvalue weighted by molar-refractivity contribution is 5.89. The van der Waals surface area contributed by atoms with Gasteiger partial charge in [0.2, 0.25) is 11.8 Å². The number of hydrogen-bond donors (Lipinski definition) is 1. The van der Waals surface area contributed by atoms with Gasteiger partial charge in [0, 0.05) is 17.9 Å². The van der Waals surface area contributed by atoms with Crippen LogP contribution in [-0.2, 0) is 25.5 Å². The summed E-state index contributed by atoms with van der Waals surface area (Å²) in [6.45, 7) is 7.70. The third-order valence-electron chi connectivity index (χ3n) is 9.70. The molecule has 3 aliphatic rings. The lowest BCUT2D eigenvalue weighted by Gasteiger charge is -2.35. The van der Waals surface area contributed by atoms with E-state index in [1.54, 1.807) is 13.2 Å². The number of aliphatic carboxylic acids is 1. The van der Waals surface area contributed by atoms with Crippen molar-refractivity contribution in [3.8, 4) is 11.6 Å². The van der Waals surface area contributed by atoms with Crippen LogP contribution in [0.1, 0.15) is 84.8 Å². The van der Waals surface area contributed by atoms with E-state index >= 15 is 0 Å². The molecule has 1 amide bonds. The average molecular weight is 622 g/mol. The van der Waals surface area contributed by atoms with Gasteiger partial charge >= 0.3 is 11.9 Å². The fourth-order valence-electron chi connectivity index (χ4n) is 7.11. The second-order valence-corrected chi connectivity index (χ2v) is 13.8. The molecule has 45 heavy (non-hydrogen) atoms. The van der Waals surface area contributed by atoms with E-state index in [1.165, 1.54) is 4.90 Å². The lowest BCUT2D eigenvalue weighted by Crippen LogP contribution is -2.49. The molecule has 10 nitrogen and oxygen atoms in total. The molecule has 244 valence electrons. The smallest absolute Gasteiger partial charge is 0.326 e. The number of allylic oxidation sites excluding steroid dienone is 1. The average Bonchev–Trinajstić information content (AvgIpc) is 3.37. The number of aryl methyl sites for hydroxylation is 1. The minimum absolute atomic E-state index is 0.0721. The minimum atomic E-state index is -1.10. The lowest BCUT2D eigenvalue weighted by molar-refractivity contribution is -0.160. The molecular formula is C35H47N3O7. The quantitative estimate of drug-likeness (QED) is 0.336. The normalized spacial score (nSPS) is 28.3. The van der Waals surface area contributed by atoms with Gasteiger partial charge in [0.15, 0.2) is 0 Å². The van der Waals surface area contributed by atoms with Gasteiger partial charge in [-0.3, -0.25) is 9.59 Å². The lowest BCUT2D eigenvalue weighted by atomic mass is 9.77. The van der Waals surface area contributed by atoms with Crippen LogP contribution in [0, 0.1) is 23.2 Å². The number of fused-ring (bicyclic) bond motifs is 5. The van der Waals surface area contributed by atoms with Gasteiger partial charge in [-0.25, -0.2) is 14.8 Å². The number of carboxylic acid groups (broad SMARTS) is 1. The van der Waals surface area contributed by atoms with E-state index < -0.39 is 41.3 Å². The zero-order valence-electron chi connectivity index (χ0n) is 27.2. The number of amides is 1. The van der Waals surface area contributed by atoms with Crippen LogP contribution < -0.4 is 9.47 Å². The van der Waals surface area contributed by atoms with Crippen LogP contribution in [0.15, 0.2) is 30.4 Å². The number of carboxylic acids is 1. The molecule has 0 unspecified atom stereocenters. The Labute approximate surface area is 265 Å². The van der Waals surface area contributed by atoms with Crippen molar-refractivity contribution in [2.24, 2.45) is 23.2 Å². The van der Waals surface area contributed by atoms with Crippen LogP contribution in [-0.4, -0.2) is 69.7 Å². The van der Waals surface area contributed by atoms with Crippen molar-refractivity contribution < 1.29 is 33.7 Å². The van der Waals surface area contributed by atoms with Gasteiger partial charge in [0.1, 0.15) is 29.7 Å². The maximum Gasteiger partial charge on any atom is 0.326 e. The van der Waals surface area contributed by atoms with Gasteiger partial charge in [0.05, 0.1) is 37.0 Å². The van der Waals surface area contributed by atoms with Gasteiger partial charge in [-0.1, -0.05) is 52.7 Å². The summed E-state index contributed by atoms with van der Waals surface area (Å²) in [5.41, 5.74) is 1.45. The molecule has 1 N–H and O–H groups in total. The summed E-state index contributed by atoms with van der Waals surface area (Å²) in [6, 6.07) is 4.44. The summed E-state index contributed by atoms with van der Waals surface area (Å²) in [7, 11) is 1.59. The zero-order chi connectivity index (χ0) is 32.3. The Hall–Kier alpha value is -3.69. The Balaban J connectivity index is 1.55. The highest BCUT2D eigenvalue weighted by Crippen LogP contribution is 2.38. The van der Waals surface area contributed by atoms with Gasteiger partial charge in [-0.15, -0.1) is 0 Å². The minimum Gasteiger partial charge on any atom is -0.497 e. The molecule has 1 saturated heterocycles. The van der Waals surface area contributed by atoms with Crippen molar-refractivity contribution in [2.45, 2.75) is 104 Å². The van der Waals surface area contributed by atoms with E-state index in [2.05, 4.69) is 12.2 Å².